The van der Waals surface area contributed by atoms with Crippen molar-refractivity contribution >= 4 is 20.9 Å². The highest BCUT2D eigenvalue weighted by molar-refractivity contribution is 7.89. The lowest BCUT2D eigenvalue weighted by molar-refractivity contribution is 0.405. The molecule has 0 radical (unpaired) electrons. The third kappa shape index (κ3) is 2.89. The standard InChI is InChI=1S/C24H26FN3O2S/c1-15-9-23-18(11-26-28(23)20-7-5-19(25)6-8-20)10-21(15)24-14-27(12-22(24)16(24)2)31(29,30)13-17-3-4-17/h5-11,16-17,22H,3-4,12-14H2,1-2H3/t16-,22-,24+/m1/s1. The molecule has 6 rings (SSSR count). The van der Waals surface area contributed by atoms with Gasteiger partial charge in [-0.3, -0.25) is 0 Å². The molecular weight excluding hydrogens is 413 g/mol. The highest BCUT2D eigenvalue weighted by Crippen LogP contribution is 2.65. The number of sulfonamides is 1. The molecule has 1 aliphatic heterocycles. The molecule has 5 nitrogen and oxygen atoms in total. The van der Waals surface area contributed by atoms with E-state index in [1.54, 1.807) is 16.4 Å². The van der Waals surface area contributed by atoms with Crippen LogP contribution in [0.4, 0.5) is 4.39 Å². The summed E-state index contributed by atoms with van der Waals surface area (Å²) in [5, 5.41) is 5.57. The molecule has 1 saturated heterocycles. The summed E-state index contributed by atoms with van der Waals surface area (Å²) < 4.78 is 42.7. The van der Waals surface area contributed by atoms with Gasteiger partial charge in [0.1, 0.15) is 5.82 Å². The molecule has 1 aromatic heterocycles. The van der Waals surface area contributed by atoms with Crippen molar-refractivity contribution in [1.29, 1.82) is 0 Å². The number of rotatable bonds is 5. The normalized spacial score (nSPS) is 28.2. The monoisotopic (exact) mass is 439 g/mol. The maximum atomic E-state index is 13.3. The van der Waals surface area contributed by atoms with Gasteiger partial charge < -0.3 is 0 Å². The van der Waals surface area contributed by atoms with E-state index in [1.165, 1.54) is 17.7 Å². The van der Waals surface area contributed by atoms with Crippen molar-refractivity contribution in [3.63, 3.8) is 0 Å². The lowest BCUT2D eigenvalue weighted by Gasteiger charge is -2.24. The Kier molecular flexibility index (Phi) is 4.01. The second-order valence-corrected chi connectivity index (χ2v) is 11.7. The summed E-state index contributed by atoms with van der Waals surface area (Å²) in [5.74, 6) is 1.26. The van der Waals surface area contributed by atoms with Crippen LogP contribution in [0.3, 0.4) is 0 Å². The van der Waals surface area contributed by atoms with E-state index in [0.29, 0.717) is 36.6 Å². The van der Waals surface area contributed by atoms with Crippen molar-refractivity contribution in [2.45, 2.75) is 32.1 Å². The van der Waals surface area contributed by atoms with Crippen LogP contribution < -0.4 is 0 Å². The molecule has 0 bridgehead atoms. The number of fused-ring (bicyclic) bond motifs is 2. The van der Waals surface area contributed by atoms with E-state index in [2.05, 4.69) is 31.1 Å². The maximum absolute atomic E-state index is 13.3. The average Bonchev–Trinajstić information content (AvgIpc) is 3.50. The van der Waals surface area contributed by atoms with Crippen molar-refractivity contribution in [1.82, 2.24) is 14.1 Å². The smallest absolute Gasteiger partial charge is 0.214 e. The SMILES string of the molecule is Cc1cc2c(cnn2-c2ccc(F)cc2)cc1[C@@]12CN(S(=O)(=O)CC3CC3)C[C@@H]1[C@H]2C. The molecular formula is C24H26FN3O2S. The van der Waals surface area contributed by atoms with Gasteiger partial charge in [0.2, 0.25) is 10.0 Å². The van der Waals surface area contributed by atoms with E-state index in [1.807, 2.05) is 10.9 Å². The molecule has 0 N–H and O–H groups in total. The largest absolute Gasteiger partial charge is 0.233 e. The van der Waals surface area contributed by atoms with Crippen LogP contribution in [0.2, 0.25) is 0 Å². The van der Waals surface area contributed by atoms with Gasteiger partial charge >= 0.3 is 0 Å². The van der Waals surface area contributed by atoms with Gasteiger partial charge in [0.05, 0.1) is 23.2 Å². The molecule has 2 aromatic carbocycles. The van der Waals surface area contributed by atoms with Gasteiger partial charge in [0.25, 0.3) is 0 Å². The third-order valence-electron chi connectivity index (χ3n) is 7.83. The second-order valence-electron chi connectivity index (χ2n) is 9.71. The number of hydrogen-bond acceptors (Lipinski definition) is 3. The lowest BCUT2D eigenvalue weighted by atomic mass is 9.88. The first-order valence-electron chi connectivity index (χ1n) is 11.0. The molecule has 162 valence electrons. The minimum atomic E-state index is -3.17. The topological polar surface area (TPSA) is 55.2 Å². The van der Waals surface area contributed by atoms with Crippen LogP contribution in [0.15, 0.2) is 42.6 Å². The molecule has 7 heteroatoms. The zero-order chi connectivity index (χ0) is 21.5. The highest BCUT2D eigenvalue weighted by Gasteiger charge is 2.69. The summed E-state index contributed by atoms with van der Waals surface area (Å²) in [7, 11) is -3.17. The van der Waals surface area contributed by atoms with E-state index in [-0.39, 0.29) is 11.2 Å². The van der Waals surface area contributed by atoms with Crippen LogP contribution in [0.1, 0.15) is 30.9 Å². The first-order valence-corrected chi connectivity index (χ1v) is 12.6. The number of hydrogen-bond donors (Lipinski definition) is 0. The van der Waals surface area contributed by atoms with Gasteiger partial charge in [-0.05, 0) is 85.0 Å². The van der Waals surface area contributed by atoms with E-state index >= 15 is 0 Å². The quantitative estimate of drug-likeness (QED) is 0.603. The second kappa shape index (κ2) is 6.39. The summed E-state index contributed by atoms with van der Waals surface area (Å²) in [5.41, 5.74) is 4.11. The Morgan fingerprint density at radius 3 is 2.65 bits per heavy atom. The molecule has 2 aliphatic carbocycles. The van der Waals surface area contributed by atoms with E-state index in [0.717, 1.165) is 35.0 Å². The van der Waals surface area contributed by atoms with Gasteiger partial charge in [0, 0.05) is 23.9 Å². The van der Waals surface area contributed by atoms with E-state index < -0.39 is 10.0 Å². The lowest BCUT2D eigenvalue weighted by Crippen LogP contribution is -2.36. The molecule has 0 spiro atoms. The van der Waals surface area contributed by atoms with Crippen LogP contribution in [-0.4, -0.2) is 41.3 Å². The zero-order valence-electron chi connectivity index (χ0n) is 17.8. The van der Waals surface area contributed by atoms with Crippen molar-refractivity contribution < 1.29 is 12.8 Å². The predicted molar refractivity (Wildman–Crippen MR) is 118 cm³/mol. The Morgan fingerprint density at radius 2 is 1.94 bits per heavy atom. The van der Waals surface area contributed by atoms with E-state index in [4.69, 9.17) is 0 Å². The summed E-state index contributed by atoms with van der Waals surface area (Å²) in [4.78, 5) is 0. The molecule has 31 heavy (non-hydrogen) atoms. The van der Waals surface area contributed by atoms with Crippen LogP contribution in [0.25, 0.3) is 16.6 Å². The Labute approximate surface area is 181 Å². The van der Waals surface area contributed by atoms with Gasteiger partial charge in [-0.25, -0.2) is 21.8 Å². The zero-order valence-corrected chi connectivity index (χ0v) is 18.6. The minimum Gasteiger partial charge on any atom is -0.233 e. The van der Waals surface area contributed by atoms with Crippen molar-refractivity contribution in [3.8, 4) is 5.69 Å². The molecule has 3 fully saturated rings. The summed E-state index contributed by atoms with van der Waals surface area (Å²) in [6.45, 7) is 5.59. The first-order chi connectivity index (χ1) is 14.8. The van der Waals surface area contributed by atoms with Gasteiger partial charge in [-0.15, -0.1) is 0 Å². The molecule has 3 aromatic rings. The van der Waals surface area contributed by atoms with Gasteiger partial charge in [-0.2, -0.15) is 5.10 Å². The Bertz CT molecular complexity index is 1300. The first kappa shape index (κ1) is 19.4. The Hall–Kier alpha value is -2.25. The Morgan fingerprint density at radius 1 is 1.19 bits per heavy atom. The fraction of sp³-hybridized carbons (Fsp3) is 0.458. The number of halogens is 1. The van der Waals surface area contributed by atoms with Crippen molar-refractivity contribution in [3.05, 3.63) is 59.5 Å². The number of aromatic nitrogens is 2. The van der Waals surface area contributed by atoms with Crippen LogP contribution in [0.5, 0.6) is 0 Å². The fourth-order valence-electron chi connectivity index (χ4n) is 5.78. The predicted octanol–water partition coefficient (Wildman–Crippen LogP) is 4.03. The minimum absolute atomic E-state index is 0.0904. The van der Waals surface area contributed by atoms with Gasteiger partial charge in [0.15, 0.2) is 0 Å². The average molecular weight is 440 g/mol. The van der Waals surface area contributed by atoms with Gasteiger partial charge in [-0.1, -0.05) is 6.92 Å². The number of piperidine rings is 1. The molecule has 3 aliphatic rings. The number of aryl methyl sites for hydroxylation is 1. The summed E-state index contributed by atoms with van der Waals surface area (Å²) in [6, 6.07) is 10.7. The molecule has 0 amide bonds. The fourth-order valence-corrected chi connectivity index (χ4v) is 7.72. The summed E-state index contributed by atoms with van der Waals surface area (Å²) in [6.07, 6.45) is 3.94. The number of benzene rings is 2. The third-order valence-corrected chi connectivity index (χ3v) is 9.79. The molecule has 2 saturated carbocycles. The molecule has 0 unspecified atom stereocenters. The maximum Gasteiger partial charge on any atom is 0.214 e. The van der Waals surface area contributed by atoms with E-state index in [9.17, 15) is 12.8 Å². The highest BCUT2D eigenvalue weighted by atomic mass is 32.2. The van der Waals surface area contributed by atoms with Crippen molar-refractivity contribution in [2.24, 2.45) is 17.8 Å². The Balaban J connectivity index is 1.37. The van der Waals surface area contributed by atoms with Crippen molar-refractivity contribution in [2.75, 3.05) is 18.8 Å². The summed E-state index contributed by atoms with van der Waals surface area (Å²) >= 11 is 0. The van der Waals surface area contributed by atoms with Crippen LogP contribution >= 0.6 is 0 Å². The van der Waals surface area contributed by atoms with Crippen LogP contribution in [-0.2, 0) is 15.4 Å². The number of nitrogens with zero attached hydrogens (tertiary/aromatic N) is 3. The molecule has 3 atom stereocenters. The molecule has 2 heterocycles. The van der Waals surface area contributed by atoms with Crippen LogP contribution in [0, 0.1) is 30.5 Å².